The number of nitrogens with zero attached hydrogens (tertiary/aromatic N) is 3. The summed E-state index contributed by atoms with van der Waals surface area (Å²) in [6.07, 6.45) is 0. The summed E-state index contributed by atoms with van der Waals surface area (Å²) >= 11 is 0. The number of hydroxylamine groups is 2. The molecule has 1 aliphatic rings. The Hall–Kier alpha value is -1.95. The van der Waals surface area contributed by atoms with Crippen molar-refractivity contribution < 1.29 is 10.1 Å². The summed E-state index contributed by atoms with van der Waals surface area (Å²) < 4.78 is 0. The molecular formula is C13H16N3O3. The number of benzene rings is 1. The highest BCUT2D eigenvalue weighted by atomic mass is 16.6. The molecule has 0 N–H and O–H groups in total. The second-order valence-corrected chi connectivity index (χ2v) is 5.62. The van der Waals surface area contributed by atoms with E-state index < -0.39 is 16.0 Å². The van der Waals surface area contributed by atoms with Crippen LogP contribution in [0.1, 0.15) is 33.3 Å². The molecule has 101 valence electrons. The first-order chi connectivity index (χ1) is 8.68. The third kappa shape index (κ3) is 1.88. The van der Waals surface area contributed by atoms with E-state index in [1.54, 1.807) is 32.0 Å². The Labute approximate surface area is 111 Å². The van der Waals surface area contributed by atoms with E-state index in [-0.39, 0.29) is 17.1 Å². The number of hydrogen-bond donors (Lipinski definition) is 0. The zero-order valence-corrected chi connectivity index (χ0v) is 11.4. The van der Waals surface area contributed by atoms with Crippen LogP contribution in [0, 0.1) is 10.1 Å². The molecule has 0 saturated carbocycles. The van der Waals surface area contributed by atoms with Crippen LogP contribution in [-0.2, 0) is 5.21 Å². The Kier molecular flexibility index (Phi) is 2.86. The Morgan fingerprint density at radius 1 is 1.21 bits per heavy atom. The fraction of sp³-hybridized carbons (Fsp3) is 0.462. The molecule has 6 heteroatoms. The van der Waals surface area contributed by atoms with E-state index in [0.29, 0.717) is 0 Å². The van der Waals surface area contributed by atoms with Crippen molar-refractivity contribution >= 4 is 11.5 Å². The van der Waals surface area contributed by atoms with Gasteiger partial charge in [0.15, 0.2) is 5.84 Å². The van der Waals surface area contributed by atoms with Gasteiger partial charge in [0.1, 0.15) is 0 Å². The summed E-state index contributed by atoms with van der Waals surface area (Å²) in [5.74, 6) is 0.127. The fourth-order valence-corrected chi connectivity index (χ4v) is 1.95. The molecule has 0 aliphatic carbocycles. The molecule has 0 fully saturated rings. The van der Waals surface area contributed by atoms with Crippen LogP contribution in [0.5, 0.6) is 0 Å². The Morgan fingerprint density at radius 2 is 1.79 bits per heavy atom. The smallest absolute Gasteiger partial charge is 0.258 e. The average molecular weight is 262 g/mol. The van der Waals surface area contributed by atoms with Gasteiger partial charge in [0.25, 0.3) is 5.69 Å². The third-order valence-electron chi connectivity index (χ3n) is 3.92. The van der Waals surface area contributed by atoms with Crippen molar-refractivity contribution in [3.63, 3.8) is 0 Å². The van der Waals surface area contributed by atoms with Gasteiger partial charge in [-0.2, -0.15) is 5.06 Å². The highest BCUT2D eigenvalue weighted by Crippen LogP contribution is 2.39. The van der Waals surface area contributed by atoms with Crippen LogP contribution in [0.4, 0.5) is 5.69 Å². The third-order valence-corrected chi connectivity index (χ3v) is 3.92. The summed E-state index contributed by atoms with van der Waals surface area (Å²) in [6, 6.07) is 6.17. The maximum Gasteiger partial charge on any atom is 0.280 e. The minimum Gasteiger partial charge on any atom is -0.258 e. The quantitative estimate of drug-likeness (QED) is 0.607. The maximum absolute atomic E-state index is 12.4. The normalized spacial score (nSPS) is 20.3. The van der Waals surface area contributed by atoms with Crippen LogP contribution in [0.3, 0.4) is 0 Å². The van der Waals surface area contributed by atoms with Gasteiger partial charge in [-0.1, -0.05) is 17.3 Å². The molecule has 1 heterocycles. The van der Waals surface area contributed by atoms with Crippen LogP contribution >= 0.6 is 0 Å². The fourth-order valence-electron chi connectivity index (χ4n) is 1.95. The van der Waals surface area contributed by atoms with Crippen molar-refractivity contribution in [3.05, 3.63) is 39.9 Å². The van der Waals surface area contributed by atoms with E-state index in [9.17, 15) is 15.3 Å². The molecule has 0 saturated heterocycles. The van der Waals surface area contributed by atoms with Crippen molar-refractivity contribution in [1.82, 2.24) is 5.06 Å². The first-order valence-corrected chi connectivity index (χ1v) is 5.99. The predicted octanol–water partition coefficient (Wildman–Crippen LogP) is 2.56. The molecule has 6 nitrogen and oxygen atoms in total. The van der Waals surface area contributed by atoms with Gasteiger partial charge >= 0.3 is 0 Å². The van der Waals surface area contributed by atoms with Crippen LogP contribution < -0.4 is 0 Å². The maximum atomic E-state index is 12.4. The average Bonchev–Trinajstić information content (AvgIpc) is 2.49. The Balaban J connectivity index is 2.59. The van der Waals surface area contributed by atoms with Crippen molar-refractivity contribution in [1.29, 1.82) is 0 Å². The molecule has 19 heavy (non-hydrogen) atoms. The topological polar surface area (TPSA) is 78.6 Å². The van der Waals surface area contributed by atoms with Gasteiger partial charge in [-0.05, 0) is 33.8 Å². The molecule has 1 aromatic rings. The molecule has 1 aromatic carbocycles. The van der Waals surface area contributed by atoms with E-state index in [1.165, 1.54) is 6.07 Å². The van der Waals surface area contributed by atoms with Gasteiger partial charge in [0.2, 0.25) is 0 Å². The lowest BCUT2D eigenvalue weighted by molar-refractivity contribution is -0.385. The van der Waals surface area contributed by atoms with E-state index in [1.807, 2.05) is 13.8 Å². The van der Waals surface area contributed by atoms with Gasteiger partial charge in [0.05, 0.1) is 21.6 Å². The molecule has 0 amide bonds. The number of amidine groups is 1. The van der Waals surface area contributed by atoms with E-state index >= 15 is 0 Å². The monoisotopic (exact) mass is 262 g/mol. The number of nitro benzene ring substituents is 1. The zero-order valence-electron chi connectivity index (χ0n) is 11.4. The van der Waals surface area contributed by atoms with Crippen LogP contribution in [0.2, 0.25) is 0 Å². The number of para-hydroxylation sites is 1. The molecule has 0 spiro atoms. The molecule has 0 aromatic heterocycles. The van der Waals surface area contributed by atoms with E-state index in [2.05, 4.69) is 4.99 Å². The summed E-state index contributed by atoms with van der Waals surface area (Å²) in [5.41, 5.74) is -1.18. The van der Waals surface area contributed by atoms with Gasteiger partial charge in [0, 0.05) is 6.07 Å². The van der Waals surface area contributed by atoms with Crippen LogP contribution in [-0.4, -0.2) is 26.9 Å². The van der Waals surface area contributed by atoms with Gasteiger partial charge in [-0.25, -0.2) is 0 Å². The first-order valence-electron chi connectivity index (χ1n) is 5.99. The number of rotatable bonds is 2. The molecule has 1 radical (unpaired) electrons. The molecule has 0 bridgehead atoms. The molecule has 2 rings (SSSR count). The highest BCUT2D eigenvalue weighted by molar-refractivity contribution is 6.03. The van der Waals surface area contributed by atoms with Gasteiger partial charge in [-0.3, -0.25) is 15.1 Å². The summed E-state index contributed by atoms with van der Waals surface area (Å²) in [6.45, 7) is 7.26. The van der Waals surface area contributed by atoms with Crippen molar-refractivity contribution in [2.45, 2.75) is 38.8 Å². The number of nitro groups is 1. The lowest BCUT2D eigenvalue weighted by Gasteiger charge is -2.35. The molecule has 1 aliphatic heterocycles. The van der Waals surface area contributed by atoms with Crippen LogP contribution in [0.25, 0.3) is 0 Å². The van der Waals surface area contributed by atoms with Gasteiger partial charge in [-0.15, -0.1) is 0 Å². The minimum atomic E-state index is -0.744. The van der Waals surface area contributed by atoms with Crippen molar-refractivity contribution in [3.8, 4) is 0 Å². The minimum absolute atomic E-state index is 0.101. The Bertz CT molecular complexity index is 564. The van der Waals surface area contributed by atoms with Crippen LogP contribution in [0.15, 0.2) is 29.3 Å². The molecule has 0 unspecified atom stereocenters. The highest BCUT2D eigenvalue weighted by Gasteiger charge is 2.51. The van der Waals surface area contributed by atoms with Gasteiger partial charge < -0.3 is 0 Å². The zero-order chi connectivity index (χ0) is 14.4. The largest absolute Gasteiger partial charge is 0.280 e. The number of hydrogen-bond acceptors (Lipinski definition) is 4. The second-order valence-electron chi connectivity index (χ2n) is 5.62. The summed E-state index contributed by atoms with van der Waals surface area (Å²) in [7, 11) is 0. The van der Waals surface area contributed by atoms with E-state index in [0.717, 1.165) is 5.06 Å². The second kappa shape index (κ2) is 4.03. The van der Waals surface area contributed by atoms with Crippen molar-refractivity contribution in [2.24, 2.45) is 4.99 Å². The SMILES string of the molecule is CC1(C)N=C(c2ccccc2[N+](=O)[O-])N([O])C1(C)C. The lowest BCUT2D eigenvalue weighted by Crippen LogP contribution is -2.50. The lowest BCUT2D eigenvalue weighted by atomic mass is 9.84. The Morgan fingerprint density at radius 3 is 2.26 bits per heavy atom. The van der Waals surface area contributed by atoms with E-state index in [4.69, 9.17) is 0 Å². The number of aliphatic imine (C=N–C) groups is 1. The molecule has 0 atom stereocenters. The summed E-state index contributed by atoms with van der Waals surface area (Å²) in [5, 5.41) is 24.2. The van der Waals surface area contributed by atoms with Crippen molar-refractivity contribution in [2.75, 3.05) is 0 Å². The summed E-state index contributed by atoms with van der Waals surface area (Å²) in [4.78, 5) is 14.9. The standard InChI is InChI=1S/C13H16N3O3/c1-12(2)13(3,4)15(17)11(14-12)9-7-5-6-8-10(9)16(18)19/h5-8H,1-4H3. The first kappa shape index (κ1) is 13.5. The predicted molar refractivity (Wildman–Crippen MR) is 70.3 cm³/mol. The molecular weight excluding hydrogens is 246 g/mol.